The number of hydrogen-bond donors (Lipinski definition) is 0. The van der Waals surface area contributed by atoms with Crippen LogP contribution in [-0.4, -0.2) is 15.7 Å². The first-order valence-corrected chi connectivity index (χ1v) is 5.89. The summed E-state index contributed by atoms with van der Waals surface area (Å²) in [7, 11) is 0. The van der Waals surface area contributed by atoms with E-state index in [-0.39, 0.29) is 5.91 Å². The van der Waals surface area contributed by atoms with Crippen molar-refractivity contribution >= 4 is 5.91 Å². The van der Waals surface area contributed by atoms with Crippen molar-refractivity contribution < 1.29 is 4.79 Å². The molecule has 15 heavy (non-hydrogen) atoms. The molecule has 0 bridgehead atoms. The third-order valence-electron chi connectivity index (χ3n) is 3.25. The highest BCUT2D eigenvalue weighted by Gasteiger charge is 2.15. The van der Waals surface area contributed by atoms with Gasteiger partial charge in [0.25, 0.3) is 0 Å². The summed E-state index contributed by atoms with van der Waals surface area (Å²) in [5.41, 5.74) is 0. The summed E-state index contributed by atoms with van der Waals surface area (Å²) in [5.74, 6) is 0.906. The average molecular weight is 206 g/mol. The van der Waals surface area contributed by atoms with E-state index in [1.54, 1.807) is 18.5 Å². The lowest BCUT2D eigenvalue weighted by molar-refractivity contribution is 0.0873. The first-order valence-electron chi connectivity index (χ1n) is 5.89. The number of carbonyl (C=O) groups excluding carboxylic acids is 1. The van der Waals surface area contributed by atoms with E-state index in [1.165, 1.54) is 36.8 Å². The van der Waals surface area contributed by atoms with Gasteiger partial charge in [0, 0.05) is 18.8 Å². The highest BCUT2D eigenvalue weighted by molar-refractivity contribution is 5.77. The maximum absolute atomic E-state index is 11.6. The largest absolute Gasteiger partial charge is 0.273 e. The van der Waals surface area contributed by atoms with Crippen LogP contribution in [-0.2, 0) is 0 Å². The average Bonchev–Trinajstić information content (AvgIpc) is 2.81. The van der Waals surface area contributed by atoms with E-state index < -0.39 is 0 Å². The van der Waals surface area contributed by atoms with Crippen LogP contribution >= 0.6 is 0 Å². The molecule has 0 saturated heterocycles. The normalized spacial score (nSPS) is 17.9. The summed E-state index contributed by atoms with van der Waals surface area (Å²) in [6, 6.07) is 1.79. The molecule has 1 aliphatic carbocycles. The van der Waals surface area contributed by atoms with E-state index in [0.29, 0.717) is 6.42 Å². The Bertz CT molecular complexity index is 299. The van der Waals surface area contributed by atoms with Crippen molar-refractivity contribution in [3.05, 3.63) is 18.5 Å². The fourth-order valence-corrected chi connectivity index (χ4v) is 2.33. The Hall–Kier alpha value is -1.12. The number of carbonyl (C=O) groups is 1. The zero-order valence-corrected chi connectivity index (χ0v) is 9.06. The molecular weight excluding hydrogens is 188 g/mol. The van der Waals surface area contributed by atoms with Gasteiger partial charge in [0.2, 0.25) is 5.91 Å². The van der Waals surface area contributed by atoms with E-state index in [4.69, 9.17) is 0 Å². The summed E-state index contributed by atoms with van der Waals surface area (Å²) in [6.45, 7) is 0. The number of aromatic nitrogens is 2. The van der Waals surface area contributed by atoms with Crippen molar-refractivity contribution in [2.45, 2.75) is 44.9 Å². The second kappa shape index (κ2) is 5.10. The monoisotopic (exact) mass is 206 g/mol. The van der Waals surface area contributed by atoms with Crippen LogP contribution in [0.15, 0.2) is 18.5 Å². The number of hydrogen-bond acceptors (Lipinski definition) is 2. The third-order valence-corrected chi connectivity index (χ3v) is 3.25. The van der Waals surface area contributed by atoms with Gasteiger partial charge in [0.1, 0.15) is 0 Å². The van der Waals surface area contributed by atoms with Crippen molar-refractivity contribution in [1.82, 2.24) is 9.78 Å². The molecule has 1 aliphatic rings. The lowest BCUT2D eigenvalue weighted by Crippen LogP contribution is -2.14. The van der Waals surface area contributed by atoms with Gasteiger partial charge >= 0.3 is 0 Å². The minimum absolute atomic E-state index is 0.130. The van der Waals surface area contributed by atoms with E-state index in [1.807, 2.05) is 0 Å². The zero-order valence-electron chi connectivity index (χ0n) is 9.06. The second-order valence-corrected chi connectivity index (χ2v) is 4.39. The molecule has 0 N–H and O–H groups in total. The van der Waals surface area contributed by atoms with Gasteiger partial charge in [-0.3, -0.25) is 4.79 Å². The SMILES string of the molecule is O=C(CCC1CCCCC1)n1cccn1. The van der Waals surface area contributed by atoms with Gasteiger partial charge in [-0.25, -0.2) is 4.68 Å². The van der Waals surface area contributed by atoms with Gasteiger partial charge in [-0.1, -0.05) is 32.1 Å². The van der Waals surface area contributed by atoms with Crippen LogP contribution in [0.5, 0.6) is 0 Å². The van der Waals surface area contributed by atoms with Crippen LogP contribution in [0.3, 0.4) is 0 Å². The van der Waals surface area contributed by atoms with Gasteiger partial charge in [-0.05, 0) is 18.4 Å². The zero-order chi connectivity index (χ0) is 10.5. The molecule has 1 aromatic rings. The van der Waals surface area contributed by atoms with E-state index >= 15 is 0 Å². The smallest absolute Gasteiger partial charge is 0.246 e. The Morgan fingerprint density at radius 1 is 1.33 bits per heavy atom. The third kappa shape index (κ3) is 2.91. The Kier molecular flexibility index (Phi) is 3.54. The van der Waals surface area contributed by atoms with Crippen molar-refractivity contribution in [3.8, 4) is 0 Å². The fraction of sp³-hybridized carbons (Fsp3) is 0.667. The van der Waals surface area contributed by atoms with Gasteiger partial charge in [0.15, 0.2) is 0 Å². The van der Waals surface area contributed by atoms with Crippen LogP contribution in [0.25, 0.3) is 0 Å². The van der Waals surface area contributed by atoms with Crippen LogP contribution in [0, 0.1) is 5.92 Å². The molecule has 0 atom stereocenters. The van der Waals surface area contributed by atoms with E-state index in [0.717, 1.165) is 12.3 Å². The molecule has 2 rings (SSSR count). The molecule has 82 valence electrons. The molecule has 1 aromatic heterocycles. The summed E-state index contributed by atoms with van der Waals surface area (Å²) >= 11 is 0. The maximum atomic E-state index is 11.6. The molecule has 0 amide bonds. The summed E-state index contributed by atoms with van der Waals surface area (Å²) in [6.07, 6.45) is 11.8. The summed E-state index contributed by atoms with van der Waals surface area (Å²) in [5, 5.41) is 3.95. The molecule has 0 unspecified atom stereocenters. The first kappa shape index (κ1) is 10.4. The molecule has 0 radical (unpaired) electrons. The van der Waals surface area contributed by atoms with Crippen LogP contribution in [0.2, 0.25) is 0 Å². The Morgan fingerprint density at radius 2 is 2.13 bits per heavy atom. The molecule has 1 heterocycles. The molecule has 3 heteroatoms. The Morgan fingerprint density at radius 3 is 2.80 bits per heavy atom. The number of nitrogens with zero attached hydrogens (tertiary/aromatic N) is 2. The van der Waals surface area contributed by atoms with Crippen molar-refractivity contribution in [2.24, 2.45) is 5.92 Å². The predicted molar refractivity (Wildman–Crippen MR) is 58.7 cm³/mol. The van der Waals surface area contributed by atoms with Crippen LogP contribution in [0.4, 0.5) is 0 Å². The van der Waals surface area contributed by atoms with Crippen LogP contribution < -0.4 is 0 Å². The van der Waals surface area contributed by atoms with Crippen LogP contribution in [0.1, 0.15) is 49.7 Å². The van der Waals surface area contributed by atoms with Gasteiger partial charge < -0.3 is 0 Å². The lowest BCUT2D eigenvalue weighted by Gasteiger charge is -2.20. The van der Waals surface area contributed by atoms with Crippen molar-refractivity contribution in [1.29, 1.82) is 0 Å². The molecule has 1 fully saturated rings. The molecule has 0 spiro atoms. The summed E-state index contributed by atoms with van der Waals surface area (Å²) < 4.78 is 1.45. The minimum atomic E-state index is 0.130. The van der Waals surface area contributed by atoms with E-state index in [2.05, 4.69) is 5.10 Å². The molecule has 3 nitrogen and oxygen atoms in total. The van der Waals surface area contributed by atoms with Crippen molar-refractivity contribution in [3.63, 3.8) is 0 Å². The maximum Gasteiger partial charge on any atom is 0.246 e. The van der Waals surface area contributed by atoms with Crippen molar-refractivity contribution in [2.75, 3.05) is 0 Å². The molecular formula is C12H18N2O. The minimum Gasteiger partial charge on any atom is -0.273 e. The first-order chi connectivity index (χ1) is 7.36. The topological polar surface area (TPSA) is 34.9 Å². The van der Waals surface area contributed by atoms with E-state index in [9.17, 15) is 4.79 Å². The highest BCUT2D eigenvalue weighted by atomic mass is 16.2. The summed E-state index contributed by atoms with van der Waals surface area (Å²) in [4.78, 5) is 11.6. The van der Waals surface area contributed by atoms with Gasteiger partial charge in [-0.15, -0.1) is 0 Å². The predicted octanol–water partition coefficient (Wildman–Crippen LogP) is 2.88. The Labute approximate surface area is 90.5 Å². The van der Waals surface area contributed by atoms with Gasteiger partial charge in [-0.2, -0.15) is 5.10 Å². The van der Waals surface area contributed by atoms with Gasteiger partial charge in [0.05, 0.1) is 0 Å². The fourth-order valence-electron chi connectivity index (χ4n) is 2.33. The lowest BCUT2D eigenvalue weighted by atomic mass is 9.86. The molecule has 0 aliphatic heterocycles. The number of rotatable bonds is 3. The quantitative estimate of drug-likeness (QED) is 0.762. The molecule has 0 aromatic carbocycles. The molecule has 1 saturated carbocycles. The standard InChI is InChI=1S/C12H18N2O/c15-12(14-10-4-9-13-14)8-7-11-5-2-1-3-6-11/h4,9-11H,1-3,5-8H2. The Balaban J connectivity index is 1.75. The highest BCUT2D eigenvalue weighted by Crippen LogP contribution is 2.27. The second-order valence-electron chi connectivity index (χ2n) is 4.39.